The van der Waals surface area contributed by atoms with Gasteiger partial charge in [0.25, 0.3) is 0 Å². The van der Waals surface area contributed by atoms with Crippen LogP contribution >= 0.6 is 0 Å². The zero-order valence-electron chi connectivity index (χ0n) is 11.4. The predicted octanol–water partition coefficient (Wildman–Crippen LogP) is 2.47. The first-order valence-electron chi connectivity index (χ1n) is 5.90. The number of carbonyl (C=O) groups is 1. The Morgan fingerprint density at radius 2 is 1.65 bits per heavy atom. The molecule has 0 amide bonds. The van der Waals surface area contributed by atoms with E-state index in [-0.39, 0.29) is 12.1 Å². The van der Waals surface area contributed by atoms with Gasteiger partial charge in [-0.2, -0.15) is 0 Å². The lowest BCUT2D eigenvalue weighted by Crippen LogP contribution is -2.60. The molecule has 1 radical (unpaired) electrons. The number of piperidine rings is 1. The largest absolute Gasteiger partial charge is 0.459 e. The molecule has 1 rings (SSSR count). The summed E-state index contributed by atoms with van der Waals surface area (Å²) in [5.41, 5.74) is -0.631. The lowest BCUT2D eigenvalue weighted by atomic mass is 9.80. The molecule has 1 aliphatic rings. The van der Waals surface area contributed by atoms with Crippen molar-refractivity contribution in [2.75, 3.05) is 0 Å². The molecule has 17 heavy (non-hydrogen) atoms. The van der Waals surface area contributed by atoms with Crippen LogP contribution in [0.4, 0.5) is 0 Å². The maximum atomic E-state index is 12.1. The Labute approximate surface area is 103 Å². The van der Waals surface area contributed by atoms with Gasteiger partial charge in [-0.1, -0.05) is 6.58 Å². The van der Waals surface area contributed by atoms with Gasteiger partial charge in [-0.3, -0.25) is 0 Å². The minimum absolute atomic E-state index is 0.214. The van der Waals surface area contributed by atoms with Gasteiger partial charge in [-0.05, 0) is 34.6 Å². The summed E-state index contributed by atoms with van der Waals surface area (Å²) in [6, 6.07) is 0. The first kappa shape index (κ1) is 14.2. The summed E-state index contributed by atoms with van der Waals surface area (Å²) in [5.74, 6) is -0.374. The van der Waals surface area contributed by atoms with Crippen molar-refractivity contribution in [1.29, 1.82) is 0 Å². The zero-order chi connectivity index (χ0) is 13.4. The summed E-state index contributed by atoms with van der Waals surface area (Å²) >= 11 is 0. The van der Waals surface area contributed by atoms with Crippen molar-refractivity contribution in [3.63, 3.8) is 0 Å². The molecule has 1 aliphatic heterocycles. The molecule has 0 aliphatic carbocycles. The average molecular weight is 240 g/mol. The molecule has 1 saturated heterocycles. The van der Waals surface area contributed by atoms with E-state index in [4.69, 9.17) is 4.74 Å². The monoisotopic (exact) mass is 240 g/mol. The third-order valence-corrected chi connectivity index (χ3v) is 3.18. The van der Waals surface area contributed by atoms with Crippen molar-refractivity contribution in [3.05, 3.63) is 12.2 Å². The lowest BCUT2D eigenvalue weighted by Gasteiger charge is -2.49. The van der Waals surface area contributed by atoms with Gasteiger partial charge in [0.15, 0.2) is 0 Å². The van der Waals surface area contributed by atoms with Gasteiger partial charge in [0.05, 0.1) is 0 Å². The summed E-state index contributed by atoms with van der Waals surface area (Å²) in [5, 5.41) is 13.2. The van der Waals surface area contributed by atoms with Crippen LogP contribution in [0.3, 0.4) is 0 Å². The predicted molar refractivity (Wildman–Crippen MR) is 64.6 cm³/mol. The van der Waals surface area contributed by atoms with E-state index < -0.39 is 11.1 Å². The van der Waals surface area contributed by atoms with Crippen LogP contribution < -0.4 is 0 Å². The molecule has 0 N–H and O–H groups in total. The molecule has 0 unspecified atom stereocenters. The van der Waals surface area contributed by atoms with Crippen LogP contribution in [0.5, 0.6) is 0 Å². The zero-order valence-corrected chi connectivity index (χ0v) is 11.4. The van der Waals surface area contributed by atoms with Crippen molar-refractivity contribution in [2.45, 2.75) is 64.6 Å². The van der Waals surface area contributed by atoms with Gasteiger partial charge < -0.3 is 4.74 Å². The smallest absolute Gasteiger partial charge is 0.333 e. The third-order valence-electron chi connectivity index (χ3n) is 3.18. The minimum Gasteiger partial charge on any atom is -0.459 e. The summed E-state index contributed by atoms with van der Waals surface area (Å²) in [6.45, 7) is 12.7. The van der Waals surface area contributed by atoms with Gasteiger partial charge in [0, 0.05) is 29.5 Å². The minimum atomic E-state index is -0.512. The summed E-state index contributed by atoms with van der Waals surface area (Å²) in [4.78, 5) is 11.5. The molecule has 0 aromatic heterocycles. The molecule has 1 fully saturated rings. The Morgan fingerprint density at radius 1 is 1.24 bits per heavy atom. The van der Waals surface area contributed by atoms with Crippen LogP contribution in [0.25, 0.3) is 0 Å². The van der Waals surface area contributed by atoms with Crippen molar-refractivity contribution in [3.8, 4) is 0 Å². The number of nitrogens with zero attached hydrogens (tertiary/aromatic N) is 1. The maximum Gasteiger partial charge on any atom is 0.333 e. The summed E-state index contributed by atoms with van der Waals surface area (Å²) < 4.78 is 5.37. The molecular weight excluding hydrogens is 218 g/mol. The summed E-state index contributed by atoms with van der Waals surface area (Å²) in [6.07, 6.45) is 0.896. The van der Waals surface area contributed by atoms with Crippen LogP contribution in [-0.2, 0) is 14.7 Å². The second-order valence-electron chi connectivity index (χ2n) is 6.14. The number of hydrogen-bond acceptors (Lipinski definition) is 3. The highest BCUT2D eigenvalue weighted by Gasteiger charge is 2.47. The number of hydroxylamine groups is 2. The van der Waals surface area contributed by atoms with Crippen LogP contribution in [0.15, 0.2) is 12.2 Å². The molecule has 0 aromatic carbocycles. The van der Waals surface area contributed by atoms with Crippen LogP contribution in [-0.4, -0.2) is 28.2 Å². The van der Waals surface area contributed by atoms with E-state index >= 15 is 0 Å². The average Bonchev–Trinajstić information content (AvgIpc) is 2.12. The van der Waals surface area contributed by atoms with E-state index in [1.807, 2.05) is 27.7 Å². The molecule has 97 valence electrons. The van der Waals surface area contributed by atoms with Crippen molar-refractivity contribution in [2.24, 2.45) is 0 Å². The van der Waals surface area contributed by atoms with Crippen LogP contribution in [0.2, 0.25) is 0 Å². The second-order valence-corrected chi connectivity index (χ2v) is 6.14. The Hall–Kier alpha value is -0.870. The molecule has 0 spiro atoms. The van der Waals surface area contributed by atoms with E-state index in [1.165, 1.54) is 0 Å². The number of rotatable bonds is 2. The second kappa shape index (κ2) is 4.42. The molecule has 4 heteroatoms. The van der Waals surface area contributed by atoms with Gasteiger partial charge in [-0.15, -0.1) is 10.3 Å². The van der Waals surface area contributed by atoms with Gasteiger partial charge in [0.2, 0.25) is 0 Å². The molecular formula is C13H22NO3. The molecule has 0 atom stereocenters. The number of esters is 1. The maximum absolute atomic E-state index is 12.1. The Balaban J connectivity index is 2.78. The molecule has 0 aromatic rings. The van der Waals surface area contributed by atoms with Crippen molar-refractivity contribution >= 4 is 5.97 Å². The SMILES string of the molecule is C=C(C)C(=O)OC1CC(C)(C)N([O])C(C)(C)C1. The van der Waals surface area contributed by atoms with E-state index in [2.05, 4.69) is 6.58 Å². The fourth-order valence-corrected chi connectivity index (χ4v) is 2.51. The van der Waals surface area contributed by atoms with Crippen molar-refractivity contribution in [1.82, 2.24) is 5.06 Å². The number of hydrogen-bond donors (Lipinski definition) is 0. The van der Waals surface area contributed by atoms with Gasteiger partial charge in [0.1, 0.15) is 6.10 Å². The highest BCUT2D eigenvalue weighted by molar-refractivity contribution is 5.87. The van der Waals surface area contributed by atoms with Crippen LogP contribution in [0.1, 0.15) is 47.5 Å². The first-order valence-corrected chi connectivity index (χ1v) is 5.90. The Bertz CT molecular complexity index is 316. The first-order chi connectivity index (χ1) is 7.56. The van der Waals surface area contributed by atoms with Crippen molar-refractivity contribution < 1.29 is 14.7 Å². The van der Waals surface area contributed by atoms with E-state index in [9.17, 15) is 10.0 Å². The number of carbonyl (C=O) groups excluding carboxylic acids is 1. The summed E-state index contributed by atoms with van der Waals surface area (Å²) in [7, 11) is 0. The highest BCUT2D eigenvalue weighted by Crippen LogP contribution is 2.38. The fourth-order valence-electron chi connectivity index (χ4n) is 2.51. The Kier molecular flexibility index (Phi) is 3.69. The molecule has 1 heterocycles. The number of ether oxygens (including phenoxy) is 1. The lowest BCUT2D eigenvalue weighted by molar-refractivity contribution is -0.299. The van der Waals surface area contributed by atoms with E-state index in [1.54, 1.807) is 6.92 Å². The van der Waals surface area contributed by atoms with Gasteiger partial charge in [-0.25, -0.2) is 4.79 Å². The molecule has 4 nitrogen and oxygen atoms in total. The van der Waals surface area contributed by atoms with Crippen LogP contribution in [0, 0.1) is 0 Å². The van der Waals surface area contributed by atoms with Gasteiger partial charge >= 0.3 is 5.97 Å². The fraction of sp³-hybridized carbons (Fsp3) is 0.769. The highest BCUT2D eigenvalue weighted by atomic mass is 16.5. The molecule has 0 bridgehead atoms. The topological polar surface area (TPSA) is 49.4 Å². The Morgan fingerprint density at radius 3 is 2.00 bits per heavy atom. The standard InChI is InChI=1S/C13H22NO3/c1-9(2)11(15)17-10-7-12(3,4)14(16)13(5,6)8-10/h10H,1,7-8H2,2-6H3. The quantitative estimate of drug-likeness (QED) is 0.550. The normalized spacial score (nSPS) is 24.4. The third kappa shape index (κ3) is 3.07. The van der Waals surface area contributed by atoms with E-state index in [0.29, 0.717) is 18.4 Å². The van der Waals surface area contributed by atoms with E-state index in [0.717, 1.165) is 5.06 Å². The molecule has 0 saturated carbocycles.